The number of aromatic hydroxyl groups is 1. The zero-order valence-electron chi connectivity index (χ0n) is 16.8. The summed E-state index contributed by atoms with van der Waals surface area (Å²) in [6.07, 6.45) is 1.79. The normalized spacial score (nSPS) is 12.9. The molecule has 0 aliphatic carbocycles. The number of nitrogens with zero attached hydrogens (tertiary/aromatic N) is 1. The highest BCUT2D eigenvalue weighted by molar-refractivity contribution is 5.36. The molecular weight excluding hydrogens is 322 g/mol. The molecule has 3 heteroatoms. The molecule has 0 aliphatic rings. The van der Waals surface area contributed by atoms with E-state index in [2.05, 4.69) is 69.0 Å². The number of benzene rings is 2. The van der Waals surface area contributed by atoms with E-state index in [4.69, 9.17) is 4.74 Å². The molecule has 0 bridgehead atoms. The summed E-state index contributed by atoms with van der Waals surface area (Å²) in [5.41, 5.74) is 3.43. The van der Waals surface area contributed by atoms with E-state index in [1.165, 1.54) is 5.56 Å². The molecule has 2 aromatic carbocycles. The van der Waals surface area contributed by atoms with Crippen LogP contribution in [-0.4, -0.2) is 29.2 Å². The van der Waals surface area contributed by atoms with Gasteiger partial charge in [-0.05, 0) is 69.4 Å². The van der Waals surface area contributed by atoms with Gasteiger partial charge in [-0.1, -0.05) is 36.4 Å². The van der Waals surface area contributed by atoms with Crippen LogP contribution in [0.15, 0.2) is 48.5 Å². The number of phenolic OH excluding ortho intramolecular Hbond substituents is 1. The van der Waals surface area contributed by atoms with E-state index in [0.29, 0.717) is 30.5 Å². The molecule has 0 spiro atoms. The molecule has 0 aliphatic heterocycles. The molecule has 26 heavy (non-hydrogen) atoms. The van der Waals surface area contributed by atoms with Crippen molar-refractivity contribution in [1.29, 1.82) is 0 Å². The molecular formula is C23H33NO2. The topological polar surface area (TPSA) is 32.7 Å². The first kappa shape index (κ1) is 20.5. The maximum absolute atomic E-state index is 10.3. The van der Waals surface area contributed by atoms with Crippen LogP contribution in [0.5, 0.6) is 5.75 Å². The third kappa shape index (κ3) is 5.33. The van der Waals surface area contributed by atoms with Gasteiger partial charge in [-0.15, -0.1) is 0 Å². The quantitative estimate of drug-likeness (QED) is 0.660. The van der Waals surface area contributed by atoms with E-state index in [0.717, 1.165) is 24.0 Å². The maximum Gasteiger partial charge on any atom is 0.118 e. The van der Waals surface area contributed by atoms with Gasteiger partial charge in [0, 0.05) is 25.2 Å². The molecule has 1 unspecified atom stereocenters. The Hall–Kier alpha value is -1.84. The average molecular weight is 356 g/mol. The van der Waals surface area contributed by atoms with Crippen LogP contribution in [0.25, 0.3) is 0 Å². The molecule has 0 saturated heterocycles. The zero-order chi connectivity index (χ0) is 19.1. The summed E-state index contributed by atoms with van der Waals surface area (Å²) in [5, 5.41) is 10.3. The third-order valence-electron chi connectivity index (χ3n) is 4.88. The lowest BCUT2D eigenvalue weighted by Crippen LogP contribution is -2.40. The lowest BCUT2D eigenvalue weighted by molar-refractivity contribution is 0.106. The van der Waals surface area contributed by atoms with Gasteiger partial charge < -0.3 is 9.84 Å². The van der Waals surface area contributed by atoms with E-state index in [1.807, 2.05) is 6.07 Å². The number of aryl methyl sites for hydroxylation is 1. The number of methoxy groups -OCH3 is 1. The third-order valence-corrected chi connectivity index (χ3v) is 4.88. The van der Waals surface area contributed by atoms with Crippen molar-refractivity contribution in [3.8, 4) is 5.75 Å². The van der Waals surface area contributed by atoms with Crippen LogP contribution in [0, 0.1) is 0 Å². The molecule has 1 atom stereocenters. The molecule has 1 N–H and O–H groups in total. The average Bonchev–Trinajstić information content (AvgIpc) is 2.61. The predicted molar refractivity (Wildman–Crippen MR) is 108 cm³/mol. The van der Waals surface area contributed by atoms with E-state index in [-0.39, 0.29) is 0 Å². The van der Waals surface area contributed by atoms with Gasteiger partial charge in [0.05, 0.1) is 6.61 Å². The van der Waals surface area contributed by atoms with Crippen molar-refractivity contribution in [1.82, 2.24) is 4.90 Å². The minimum atomic E-state index is 0.321. The second kappa shape index (κ2) is 9.75. The number of phenols is 1. The van der Waals surface area contributed by atoms with Crippen molar-refractivity contribution in [2.45, 2.75) is 65.3 Å². The highest BCUT2D eigenvalue weighted by atomic mass is 16.5. The van der Waals surface area contributed by atoms with Crippen LogP contribution < -0.4 is 0 Å². The lowest BCUT2D eigenvalue weighted by Gasteiger charge is -2.39. The molecule has 2 aromatic rings. The van der Waals surface area contributed by atoms with Crippen LogP contribution >= 0.6 is 0 Å². The van der Waals surface area contributed by atoms with Crippen LogP contribution in [0.2, 0.25) is 0 Å². The van der Waals surface area contributed by atoms with E-state index >= 15 is 0 Å². The Labute approximate surface area is 158 Å². The standard InChI is InChI=1S/C23H33NO2/c1-17(2)24(18(3)4)22(20-9-7-6-8-10-20)13-12-21-15-19(16-26-5)11-14-23(21)25/h6-11,14-15,17-18,22,25H,12-13,16H2,1-5H3. The van der Waals surface area contributed by atoms with Crippen LogP contribution in [0.1, 0.15) is 56.8 Å². The van der Waals surface area contributed by atoms with Crippen molar-refractivity contribution in [2.75, 3.05) is 7.11 Å². The smallest absolute Gasteiger partial charge is 0.118 e. The van der Waals surface area contributed by atoms with Gasteiger partial charge in [-0.25, -0.2) is 0 Å². The minimum Gasteiger partial charge on any atom is -0.508 e. The number of hydrogen-bond acceptors (Lipinski definition) is 3. The Morgan fingerprint density at radius 1 is 0.962 bits per heavy atom. The van der Waals surface area contributed by atoms with Crippen molar-refractivity contribution in [3.05, 3.63) is 65.2 Å². The highest BCUT2D eigenvalue weighted by Gasteiger charge is 2.25. The largest absolute Gasteiger partial charge is 0.508 e. The summed E-state index contributed by atoms with van der Waals surface area (Å²) in [6, 6.07) is 17.7. The van der Waals surface area contributed by atoms with E-state index in [1.54, 1.807) is 13.2 Å². The summed E-state index contributed by atoms with van der Waals surface area (Å²) < 4.78 is 5.23. The van der Waals surface area contributed by atoms with Crippen molar-refractivity contribution < 1.29 is 9.84 Å². The van der Waals surface area contributed by atoms with Crippen LogP contribution in [0.4, 0.5) is 0 Å². The SMILES string of the molecule is COCc1ccc(O)c(CCC(c2ccccc2)N(C(C)C)C(C)C)c1. The minimum absolute atomic E-state index is 0.321. The highest BCUT2D eigenvalue weighted by Crippen LogP contribution is 2.31. The summed E-state index contributed by atoms with van der Waals surface area (Å²) in [7, 11) is 1.70. The Morgan fingerprint density at radius 3 is 2.19 bits per heavy atom. The van der Waals surface area contributed by atoms with Crippen LogP contribution in [0.3, 0.4) is 0 Å². The van der Waals surface area contributed by atoms with Gasteiger partial charge in [-0.2, -0.15) is 0 Å². The monoisotopic (exact) mass is 355 g/mol. The second-order valence-corrected chi connectivity index (χ2v) is 7.50. The summed E-state index contributed by atoms with van der Waals surface area (Å²) >= 11 is 0. The summed E-state index contributed by atoms with van der Waals surface area (Å²) in [6.45, 7) is 9.60. The maximum atomic E-state index is 10.3. The zero-order valence-corrected chi connectivity index (χ0v) is 16.8. The van der Waals surface area contributed by atoms with Crippen molar-refractivity contribution >= 4 is 0 Å². The second-order valence-electron chi connectivity index (χ2n) is 7.50. The fourth-order valence-electron chi connectivity index (χ4n) is 3.87. The van der Waals surface area contributed by atoms with Gasteiger partial charge in [0.2, 0.25) is 0 Å². The predicted octanol–water partition coefficient (Wildman–Crippen LogP) is 5.33. The Morgan fingerprint density at radius 2 is 1.62 bits per heavy atom. The fraction of sp³-hybridized carbons (Fsp3) is 0.478. The Bertz CT molecular complexity index is 659. The molecule has 0 amide bonds. The first-order valence-electron chi connectivity index (χ1n) is 9.56. The van der Waals surface area contributed by atoms with Gasteiger partial charge in [-0.3, -0.25) is 4.90 Å². The molecule has 3 nitrogen and oxygen atoms in total. The summed E-state index contributed by atoms with van der Waals surface area (Å²) in [5.74, 6) is 0.373. The van der Waals surface area contributed by atoms with Crippen molar-refractivity contribution in [2.24, 2.45) is 0 Å². The molecule has 0 aromatic heterocycles. The van der Waals surface area contributed by atoms with E-state index in [9.17, 15) is 5.11 Å². The molecule has 142 valence electrons. The van der Waals surface area contributed by atoms with Gasteiger partial charge >= 0.3 is 0 Å². The molecule has 0 heterocycles. The lowest BCUT2D eigenvalue weighted by atomic mass is 9.94. The van der Waals surface area contributed by atoms with Crippen LogP contribution in [-0.2, 0) is 17.8 Å². The molecule has 0 radical (unpaired) electrons. The first-order chi connectivity index (χ1) is 12.4. The first-order valence-corrected chi connectivity index (χ1v) is 9.56. The number of rotatable bonds is 9. The summed E-state index contributed by atoms with van der Waals surface area (Å²) in [4.78, 5) is 2.56. The molecule has 0 saturated carbocycles. The van der Waals surface area contributed by atoms with Gasteiger partial charge in [0.1, 0.15) is 5.75 Å². The van der Waals surface area contributed by atoms with Crippen molar-refractivity contribution in [3.63, 3.8) is 0 Å². The van der Waals surface area contributed by atoms with E-state index < -0.39 is 0 Å². The van der Waals surface area contributed by atoms with Gasteiger partial charge in [0.25, 0.3) is 0 Å². The number of ether oxygens (including phenoxy) is 1. The van der Waals surface area contributed by atoms with Gasteiger partial charge in [0.15, 0.2) is 0 Å². The molecule has 2 rings (SSSR count). The fourth-order valence-corrected chi connectivity index (χ4v) is 3.87. The molecule has 0 fully saturated rings. The Balaban J connectivity index is 2.26. The Kier molecular flexibility index (Phi) is 7.67. The number of hydrogen-bond donors (Lipinski definition) is 1.